The van der Waals surface area contributed by atoms with Crippen LogP contribution in [-0.4, -0.2) is 33.8 Å². The zero-order valence-corrected chi connectivity index (χ0v) is 13.3. The zero-order chi connectivity index (χ0) is 17.2. The molecule has 0 aliphatic heterocycles. The molecule has 23 heavy (non-hydrogen) atoms. The van der Waals surface area contributed by atoms with Crippen LogP contribution >= 0.6 is 0 Å². The Bertz CT molecular complexity index is 606. The van der Waals surface area contributed by atoms with E-state index in [-0.39, 0.29) is 23.5 Å². The topological polar surface area (TPSA) is 114 Å². The molecule has 0 spiro atoms. The Kier molecular flexibility index (Phi) is 4.63. The number of carbonyl (C=O) groups excluding carboxylic acids is 1. The second-order valence-electron chi connectivity index (χ2n) is 6.61. The molecule has 1 amide bonds. The molecule has 2 rings (SSSR count). The van der Waals surface area contributed by atoms with Crippen molar-refractivity contribution in [2.24, 2.45) is 0 Å². The number of phenols is 1. The van der Waals surface area contributed by atoms with Gasteiger partial charge < -0.3 is 20.5 Å². The lowest BCUT2D eigenvalue weighted by molar-refractivity contribution is -0.384. The highest BCUT2D eigenvalue weighted by molar-refractivity contribution is 5.68. The van der Waals surface area contributed by atoms with E-state index in [2.05, 4.69) is 10.6 Å². The first-order valence-electron chi connectivity index (χ1n) is 7.37. The van der Waals surface area contributed by atoms with Gasteiger partial charge in [-0.25, -0.2) is 4.79 Å². The van der Waals surface area contributed by atoms with Crippen molar-refractivity contribution in [3.8, 4) is 5.75 Å². The van der Waals surface area contributed by atoms with Crippen molar-refractivity contribution in [1.29, 1.82) is 0 Å². The predicted molar refractivity (Wildman–Crippen MR) is 84.6 cm³/mol. The number of hydrogen-bond donors (Lipinski definition) is 3. The van der Waals surface area contributed by atoms with Gasteiger partial charge in [-0.05, 0) is 45.7 Å². The van der Waals surface area contributed by atoms with Gasteiger partial charge in [0.1, 0.15) is 17.0 Å². The van der Waals surface area contributed by atoms with Crippen LogP contribution < -0.4 is 10.6 Å². The molecule has 0 saturated heterocycles. The molecular weight excluding hydrogens is 302 g/mol. The van der Waals surface area contributed by atoms with Gasteiger partial charge in [-0.2, -0.15) is 0 Å². The van der Waals surface area contributed by atoms with Crippen LogP contribution in [0, 0.1) is 10.1 Å². The van der Waals surface area contributed by atoms with Crippen molar-refractivity contribution in [2.75, 3.05) is 5.32 Å². The number of nitrogens with zero attached hydrogens (tertiary/aromatic N) is 1. The van der Waals surface area contributed by atoms with Crippen LogP contribution in [-0.2, 0) is 4.74 Å². The number of amides is 1. The number of rotatable bonds is 4. The minimum Gasteiger partial charge on any atom is -0.508 e. The molecular formula is C15H21N3O5. The number of nitrogens with one attached hydrogen (secondary N) is 2. The van der Waals surface area contributed by atoms with E-state index in [4.69, 9.17) is 4.74 Å². The molecule has 0 bridgehead atoms. The quantitative estimate of drug-likeness (QED) is 0.446. The SMILES string of the molecule is CC(C)(C)OC(=O)NC1CC(Nc2ccc(O)cc2[N+](=O)[O-])C1. The summed E-state index contributed by atoms with van der Waals surface area (Å²) in [4.78, 5) is 22.1. The molecule has 8 nitrogen and oxygen atoms in total. The van der Waals surface area contributed by atoms with Crippen LogP contribution in [0.15, 0.2) is 18.2 Å². The number of anilines is 1. The molecule has 0 heterocycles. The van der Waals surface area contributed by atoms with Gasteiger partial charge >= 0.3 is 6.09 Å². The van der Waals surface area contributed by atoms with E-state index >= 15 is 0 Å². The zero-order valence-electron chi connectivity index (χ0n) is 13.3. The minimum atomic E-state index is -0.544. The molecule has 1 saturated carbocycles. The van der Waals surface area contributed by atoms with E-state index in [9.17, 15) is 20.0 Å². The van der Waals surface area contributed by atoms with Crippen molar-refractivity contribution >= 4 is 17.5 Å². The van der Waals surface area contributed by atoms with E-state index in [0.717, 1.165) is 6.07 Å². The molecule has 1 aromatic rings. The van der Waals surface area contributed by atoms with Crippen LogP contribution in [0.25, 0.3) is 0 Å². The van der Waals surface area contributed by atoms with E-state index < -0.39 is 16.6 Å². The molecule has 3 N–H and O–H groups in total. The third kappa shape index (κ3) is 4.73. The van der Waals surface area contributed by atoms with Crippen LogP contribution in [0.3, 0.4) is 0 Å². The van der Waals surface area contributed by atoms with Gasteiger partial charge in [-0.3, -0.25) is 10.1 Å². The summed E-state index contributed by atoms with van der Waals surface area (Å²) in [5, 5.41) is 26.1. The Balaban J connectivity index is 1.85. The summed E-state index contributed by atoms with van der Waals surface area (Å²) in [5.74, 6) is -0.152. The lowest BCUT2D eigenvalue weighted by atomic mass is 9.86. The highest BCUT2D eigenvalue weighted by atomic mass is 16.6. The molecule has 1 aliphatic rings. The highest BCUT2D eigenvalue weighted by Gasteiger charge is 2.32. The molecule has 8 heteroatoms. The number of phenolic OH excluding ortho intramolecular Hbond substituents is 1. The van der Waals surface area contributed by atoms with Gasteiger partial charge in [0, 0.05) is 12.1 Å². The van der Waals surface area contributed by atoms with Crippen molar-refractivity contribution < 1.29 is 19.6 Å². The van der Waals surface area contributed by atoms with Crippen LogP contribution in [0.1, 0.15) is 33.6 Å². The van der Waals surface area contributed by atoms with E-state index in [1.165, 1.54) is 12.1 Å². The van der Waals surface area contributed by atoms with Crippen molar-refractivity contribution in [3.05, 3.63) is 28.3 Å². The number of alkyl carbamates (subject to hydrolysis) is 1. The maximum absolute atomic E-state index is 11.6. The molecule has 1 aromatic carbocycles. The first-order valence-corrected chi connectivity index (χ1v) is 7.37. The number of aromatic hydroxyl groups is 1. The smallest absolute Gasteiger partial charge is 0.407 e. The van der Waals surface area contributed by atoms with E-state index in [0.29, 0.717) is 18.5 Å². The Morgan fingerprint density at radius 3 is 2.57 bits per heavy atom. The maximum Gasteiger partial charge on any atom is 0.407 e. The maximum atomic E-state index is 11.6. The van der Waals surface area contributed by atoms with E-state index in [1.54, 1.807) is 20.8 Å². The Morgan fingerprint density at radius 1 is 1.35 bits per heavy atom. The molecule has 0 radical (unpaired) electrons. The number of hydrogen-bond acceptors (Lipinski definition) is 6. The summed E-state index contributed by atoms with van der Waals surface area (Å²) in [7, 11) is 0. The third-order valence-corrected chi connectivity index (χ3v) is 3.40. The van der Waals surface area contributed by atoms with Crippen molar-refractivity contribution in [2.45, 2.75) is 51.3 Å². The fraction of sp³-hybridized carbons (Fsp3) is 0.533. The number of ether oxygens (including phenoxy) is 1. The third-order valence-electron chi connectivity index (χ3n) is 3.40. The van der Waals surface area contributed by atoms with Gasteiger partial charge in [0.15, 0.2) is 0 Å². The lowest BCUT2D eigenvalue weighted by Gasteiger charge is -2.37. The normalized spacial score (nSPS) is 20.3. The summed E-state index contributed by atoms with van der Waals surface area (Å²) in [6.45, 7) is 5.38. The Morgan fingerprint density at radius 2 is 2.00 bits per heavy atom. The van der Waals surface area contributed by atoms with Crippen LogP contribution in [0.5, 0.6) is 5.75 Å². The van der Waals surface area contributed by atoms with Crippen molar-refractivity contribution in [3.63, 3.8) is 0 Å². The summed E-state index contributed by atoms with van der Waals surface area (Å²) >= 11 is 0. The average molecular weight is 323 g/mol. The lowest BCUT2D eigenvalue weighted by Crippen LogP contribution is -2.50. The van der Waals surface area contributed by atoms with Gasteiger partial charge in [0.05, 0.1) is 11.0 Å². The molecule has 0 aromatic heterocycles. The Labute approximate surface area is 134 Å². The summed E-state index contributed by atoms with van der Waals surface area (Å²) in [5.41, 5.74) is -0.361. The summed E-state index contributed by atoms with van der Waals surface area (Å²) in [6, 6.07) is 3.99. The van der Waals surface area contributed by atoms with Gasteiger partial charge in [-0.15, -0.1) is 0 Å². The molecule has 0 unspecified atom stereocenters. The Hall–Kier alpha value is -2.51. The fourth-order valence-electron chi connectivity index (χ4n) is 2.34. The second-order valence-corrected chi connectivity index (χ2v) is 6.61. The largest absolute Gasteiger partial charge is 0.508 e. The summed E-state index contributed by atoms with van der Waals surface area (Å²) < 4.78 is 5.17. The first-order chi connectivity index (χ1) is 10.6. The molecule has 0 atom stereocenters. The van der Waals surface area contributed by atoms with Crippen LogP contribution in [0.4, 0.5) is 16.2 Å². The van der Waals surface area contributed by atoms with Crippen molar-refractivity contribution in [1.82, 2.24) is 5.32 Å². The van der Waals surface area contributed by atoms with Crippen LogP contribution in [0.2, 0.25) is 0 Å². The standard InChI is InChI=1S/C15H21N3O5/c1-15(2,3)23-14(20)17-10-6-9(7-10)16-12-5-4-11(19)8-13(12)18(21)22/h4-5,8-10,16,19H,6-7H2,1-3H3,(H,17,20). The number of nitro groups is 1. The fourth-order valence-corrected chi connectivity index (χ4v) is 2.34. The second kappa shape index (κ2) is 6.31. The highest BCUT2D eigenvalue weighted by Crippen LogP contribution is 2.32. The monoisotopic (exact) mass is 323 g/mol. The van der Waals surface area contributed by atoms with Gasteiger partial charge in [0.25, 0.3) is 5.69 Å². The van der Waals surface area contributed by atoms with Gasteiger partial charge in [0.2, 0.25) is 0 Å². The van der Waals surface area contributed by atoms with E-state index in [1.807, 2.05) is 0 Å². The summed E-state index contributed by atoms with van der Waals surface area (Å²) in [6.07, 6.45) is 0.839. The number of carbonyl (C=O) groups is 1. The molecule has 1 aliphatic carbocycles. The molecule has 126 valence electrons. The average Bonchev–Trinajstić information content (AvgIpc) is 2.35. The molecule has 1 fully saturated rings. The van der Waals surface area contributed by atoms with Gasteiger partial charge in [-0.1, -0.05) is 0 Å². The number of benzene rings is 1. The first kappa shape index (κ1) is 16.9. The minimum absolute atomic E-state index is 0.0153. The predicted octanol–water partition coefficient (Wildman–Crippen LogP) is 2.77. The number of nitro benzene ring substituents is 1.